The van der Waals surface area contributed by atoms with Gasteiger partial charge in [-0.05, 0) is 18.6 Å². The largest absolute Gasteiger partial charge is 0.368 e. The molecule has 26 heavy (non-hydrogen) atoms. The van der Waals surface area contributed by atoms with Gasteiger partial charge in [0.05, 0.1) is 5.69 Å². The van der Waals surface area contributed by atoms with E-state index in [9.17, 15) is 13.2 Å². The number of hydrazine groups is 1. The number of hydrogen-bond donors (Lipinski definition) is 4. The number of nitrogens with zero attached hydrogens (tertiary/aromatic N) is 2. The summed E-state index contributed by atoms with van der Waals surface area (Å²) in [6, 6.07) is 1.81. The lowest BCUT2D eigenvalue weighted by Gasteiger charge is -2.10. The van der Waals surface area contributed by atoms with Crippen molar-refractivity contribution in [2.24, 2.45) is 21.5 Å². The lowest BCUT2D eigenvalue weighted by molar-refractivity contribution is 0.448. The van der Waals surface area contributed by atoms with E-state index in [1.165, 1.54) is 32.1 Å². The summed E-state index contributed by atoms with van der Waals surface area (Å²) in [6.45, 7) is 2.73. The molecule has 0 spiro atoms. The van der Waals surface area contributed by atoms with Crippen LogP contribution >= 0.6 is 0 Å². The molecular weight excluding hydrogens is 345 g/mol. The van der Waals surface area contributed by atoms with E-state index < -0.39 is 17.5 Å². The van der Waals surface area contributed by atoms with Gasteiger partial charge in [0.1, 0.15) is 0 Å². The number of aliphatic imine (C=N–C) groups is 2. The second-order valence-corrected chi connectivity index (χ2v) is 5.83. The Bertz CT molecular complexity index is 619. The van der Waals surface area contributed by atoms with Crippen molar-refractivity contribution >= 4 is 17.6 Å². The van der Waals surface area contributed by atoms with Crippen molar-refractivity contribution in [3.05, 3.63) is 29.6 Å². The molecule has 0 radical (unpaired) electrons. The molecule has 0 atom stereocenters. The summed E-state index contributed by atoms with van der Waals surface area (Å²) < 4.78 is 39.4. The van der Waals surface area contributed by atoms with Crippen LogP contribution < -0.4 is 22.3 Å². The molecular formula is C17H27F3N6. The Morgan fingerprint density at radius 1 is 0.962 bits per heavy atom. The van der Waals surface area contributed by atoms with Crippen LogP contribution in [0.15, 0.2) is 22.1 Å². The summed E-state index contributed by atoms with van der Waals surface area (Å²) in [5, 5.41) is 0. The zero-order valence-corrected chi connectivity index (χ0v) is 15.0. The molecule has 0 aliphatic heterocycles. The maximum atomic E-state index is 13.5. The molecule has 0 aromatic heterocycles. The van der Waals surface area contributed by atoms with Gasteiger partial charge >= 0.3 is 0 Å². The first-order chi connectivity index (χ1) is 12.5. The molecule has 0 bridgehead atoms. The minimum atomic E-state index is -1.58. The third kappa shape index (κ3) is 8.09. The van der Waals surface area contributed by atoms with Gasteiger partial charge in [-0.1, -0.05) is 45.4 Å². The molecule has 0 fully saturated rings. The number of rotatable bonds is 10. The first-order valence-corrected chi connectivity index (χ1v) is 8.75. The van der Waals surface area contributed by atoms with E-state index >= 15 is 0 Å². The predicted octanol–water partition coefficient (Wildman–Crippen LogP) is 3.40. The Kier molecular flexibility index (Phi) is 9.96. The SMILES string of the molecule is CCCCCCCCCN=C(N)/N=C(\N)NNc1ccc(F)c(F)c1F. The van der Waals surface area contributed by atoms with Crippen LogP contribution in [0.3, 0.4) is 0 Å². The third-order valence-corrected chi connectivity index (χ3v) is 3.63. The van der Waals surface area contributed by atoms with Crippen LogP contribution in [0.25, 0.3) is 0 Å². The zero-order valence-electron chi connectivity index (χ0n) is 15.0. The Hall–Kier alpha value is -2.45. The molecule has 0 aliphatic carbocycles. The van der Waals surface area contributed by atoms with Crippen molar-refractivity contribution in [3.8, 4) is 0 Å². The van der Waals surface area contributed by atoms with Gasteiger partial charge in [-0.3, -0.25) is 15.8 Å². The summed E-state index contributed by atoms with van der Waals surface area (Å²) in [7, 11) is 0. The number of hydrogen-bond acceptors (Lipinski definition) is 2. The molecule has 6 N–H and O–H groups in total. The van der Waals surface area contributed by atoms with Crippen LogP contribution in [0.5, 0.6) is 0 Å². The Labute approximate surface area is 151 Å². The number of anilines is 1. The summed E-state index contributed by atoms with van der Waals surface area (Å²) in [6.07, 6.45) is 8.16. The molecule has 0 aliphatic rings. The summed E-state index contributed by atoms with van der Waals surface area (Å²) >= 11 is 0. The fraction of sp³-hybridized carbons (Fsp3) is 0.529. The van der Waals surface area contributed by atoms with Crippen LogP contribution in [-0.4, -0.2) is 18.5 Å². The van der Waals surface area contributed by atoms with Gasteiger partial charge in [0.15, 0.2) is 17.5 Å². The molecule has 9 heteroatoms. The number of benzene rings is 1. The van der Waals surface area contributed by atoms with Gasteiger partial charge in [-0.2, -0.15) is 4.99 Å². The van der Waals surface area contributed by atoms with E-state index in [-0.39, 0.29) is 17.6 Å². The van der Waals surface area contributed by atoms with Crippen LogP contribution in [0.4, 0.5) is 18.9 Å². The number of nitrogens with one attached hydrogen (secondary N) is 2. The smallest absolute Gasteiger partial charge is 0.218 e. The molecule has 6 nitrogen and oxygen atoms in total. The number of unbranched alkanes of at least 4 members (excludes halogenated alkanes) is 6. The van der Waals surface area contributed by atoms with Crippen molar-refractivity contribution in [3.63, 3.8) is 0 Å². The van der Waals surface area contributed by atoms with E-state index in [2.05, 4.69) is 27.8 Å². The molecule has 1 aromatic rings. The van der Waals surface area contributed by atoms with E-state index in [1.807, 2.05) is 0 Å². The molecule has 0 heterocycles. The number of halogens is 3. The Morgan fingerprint density at radius 3 is 2.31 bits per heavy atom. The molecule has 0 saturated heterocycles. The average molecular weight is 372 g/mol. The minimum absolute atomic E-state index is 0.0199. The average Bonchev–Trinajstić information content (AvgIpc) is 2.61. The molecule has 0 saturated carbocycles. The molecule has 1 aromatic carbocycles. The lowest BCUT2D eigenvalue weighted by atomic mass is 10.1. The van der Waals surface area contributed by atoms with E-state index in [0.717, 1.165) is 25.0 Å². The Balaban J connectivity index is 2.34. The molecule has 0 amide bonds. The number of guanidine groups is 2. The highest BCUT2D eigenvalue weighted by atomic mass is 19.2. The minimum Gasteiger partial charge on any atom is -0.368 e. The van der Waals surface area contributed by atoms with E-state index in [4.69, 9.17) is 11.5 Å². The van der Waals surface area contributed by atoms with Crippen molar-refractivity contribution < 1.29 is 13.2 Å². The van der Waals surface area contributed by atoms with E-state index in [0.29, 0.717) is 6.54 Å². The standard InChI is InChI=1S/C17H27F3N6/c1-2-3-4-5-6-7-8-11-23-16(21)24-17(22)26-25-13-10-9-12(18)14(19)15(13)20/h9-10,25H,2-8,11H2,1H3,(H5,21,22,23,24,26). The molecule has 1 rings (SSSR count). The quantitative estimate of drug-likeness (QED) is 0.166. The van der Waals surface area contributed by atoms with Gasteiger partial charge in [0.2, 0.25) is 11.9 Å². The maximum Gasteiger partial charge on any atom is 0.218 e. The van der Waals surface area contributed by atoms with Crippen LogP contribution in [0.2, 0.25) is 0 Å². The normalized spacial score (nSPS) is 12.3. The fourth-order valence-electron chi connectivity index (χ4n) is 2.20. The summed E-state index contributed by atoms with van der Waals surface area (Å²) in [5.74, 6) is -4.44. The van der Waals surface area contributed by atoms with Crippen molar-refractivity contribution in [2.75, 3.05) is 12.0 Å². The first-order valence-electron chi connectivity index (χ1n) is 8.75. The van der Waals surface area contributed by atoms with Crippen molar-refractivity contribution in [2.45, 2.75) is 51.9 Å². The fourth-order valence-corrected chi connectivity index (χ4v) is 2.20. The van der Waals surface area contributed by atoms with Crippen molar-refractivity contribution in [1.82, 2.24) is 5.43 Å². The second kappa shape index (κ2) is 12.0. The summed E-state index contributed by atoms with van der Waals surface area (Å²) in [5.41, 5.74) is 15.5. The third-order valence-electron chi connectivity index (χ3n) is 3.63. The first kappa shape index (κ1) is 21.6. The Morgan fingerprint density at radius 2 is 1.62 bits per heavy atom. The predicted molar refractivity (Wildman–Crippen MR) is 99.2 cm³/mol. The van der Waals surface area contributed by atoms with Gasteiger partial charge < -0.3 is 11.5 Å². The van der Waals surface area contributed by atoms with E-state index in [1.54, 1.807) is 0 Å². The summed E-state index contributed by atoms with van der Waals surface area (Å²) in [4.78, 5) is 7.85. The zero-order chi connectivity index (χ0) is 19.4. The topological polar surface area (TPSA) is 101 Å². The van der Waals surface area contributed by atoms with Gasteiger partial charge in [-0.15, -0.1) is 0 Å². The molecule has 146 valence electrons. The highest BCUT2D eigenvalue weighted by Gasteiger charge is 2.13. The monoisotopic (exact) mass is 372 g/mol. The number of nitrogens with two attached hydrogens (primary N) is 2. The van der Waals surface area contributed by atoms with Crippen LogP contribution in [-0.2, 0) is 0 Å². The molecule has 0 unspecified atom stereocenters. The van der Waals surface area contributed by atoms with Crippen LogP contribution in [0, 0.1) is 17.5 Å². The van der Waals surface area contributed by atoms with Crippen molar-refractivity contribution in [1.29, 1.82) is 0 Å². The van der Waals surface area contributed by atoms with Gasteiger partial charge in [-0.25, -0.2) is 13.2 Å². The highest BCUT2D eigenvalue weighted by Crippen LogP contribution is 2.18. The second-order valence-electron chi connectivity index (χ2n) is 5.83. The van der Waals surface area contributed by atoms with Gasteiger partial charge in [0.25, 0.3) is 0 Å². The van der Waals surface area contributed by atoms with Gasteiger partial charge in [0, 0.05) is 6.54 Å². The highest BCUT2D eigenvalue weighted by molar-refractivity contribution is 5.93. The lowest BCUT2D eigenvalue weighted by Crippen LogP contribution is -2.38. The maximum absolute atomic E-state index is 13.5. The van der Waals surface area contributed by atoms with Crippen LogP contribution in [0.1, 0.15) is 51.9 Å².